The van der Waals surface area contributed by atoms with Gasteiger partial charge in [-0.3, -0.25) is 9.69 Å². The summed E-state index contributed by atoms with van der Waals surface area (Å²) in [4.78, 5) is 15.3. The fourth-order valence-electron chi connectivity index (χ4n) is 4.41. The number of nitrogens with zero attached hydrogens (tertiary/aromatic N) is 7. The quantitative estimate of drug-likeness (QED) is 0.228. The number of rotatable bonds is 9. The lowest BCUT2D eigenvalue weighted by atomic mass is 10.0. The number of nitrogens with one attached hydrogen (secondary N) is 1. The van der Waals surface area contributed by atoms with Crippen molar-refractivity contribution < 1.29 is 18.6 Å². The molecule has 14 heteroatoms. The highest BCUT2D eigenvalue weighted by Gasteiger charge is 2.28. The number of nitrogen functional groups attached to an aromatic ring is 1. The van der Waals surface area contributed by atoms with Gasteiger partial charge >= 0.3 is 0 Å². The first-order valence-corrected chi connectivity index (χ1v) is 13.0. The normalized spacial score (nSPS) is 15.9. The molecule has 1 saturated heterocycles. The maximum atomic E-state index is 14.0. The van der Waals surface area contributed by atoms with Gasteiger partial charge < -0.3 is 10.5 Å². The third kappa shape index (κ3) is 6.10. The molecule has 3 heterocycles. The highest BCUT2D eigenvalue weighted by molar-refractivity contribution is 6.31. The average Bonchev–Trinajstić information content (AvgIpc) is 3.56. The number of anilines is 1. The van der Waals surface area contributed by atoms with Crippen LogP contribution >= 0.6 is 11.6 Å². The van der Waals surface area contributed by atoms with E-state index in [0.29, 0.717) is 34.6 Å². The van der Waals surface area contributed by atoms with Gasteiger partial charge in [-0.25, -0.2) is 14.4 Å². The van der Waals surface area contributed by atoms with Gasteiger partial charge in [0.25, 0.3) is 5.91 Å². The minimum atomic E-state index is -0.543. The van der Waals surface area contributed by atoms with Crippen LogP contribution in [0.2, 0.25) is 5.02 Å². The van der Waals surface area contributed by atoms with Crippen molar-refractivity contribution >= 4 is 29.5 Å². The van der Waals surface area contributed by atoms with Gasteiger partial charge in [-0.05, 0) is 78.6 Å². The van der Waals surface area contributed by atoms with E-state index < -0.39 is 11.7 Å². The van der Waals surface area contributed by atoms with Gasteiger partial charge in [0, 0.05) is 18.2 Å². The van der Waals surface area contributed by atoms with Crippen LogP contribution in [0.1, 0.15) is 53.5 Å². The number of amides is 1. The number of nitrogens with two attached hydrogens (primary N) is 1. The molecule has 0 spiro atoms. The van der Waals surface area contributed by atoms with Gasteiger partial charge in [-0.15, -0.1) is 5.10 Å². The zero-order valence-corrected chi connectivity index (χ0v) is 22.4. The number of ether oxygens (including phenoxy) is 1. The van der Waals surface area contributed by atoms with E-state index in [-0.39, 0.29) is 29.5 Å². The molecular formula is C26H27ClFN9O3. The second-order valence-electron chi connectivity index (χ2n) is 9.34. The molecule has 0 saturated carbocycles. The minimum absolute atomic E-state index is 0.00965. The average molecular weight is 568 g/mol. The number of hydrogen-bond acceptors (Lipinski definition) is 10. The highest BCUT2D eigenvalue weighted by atomic mass is 35.5. The second-order valence-corrected chi connectivity index (χ2v) is 9.75. The predicted octanol–water partition coefficient (Wildman–Crippen LogP) is 3.74. The molecule has 0 bridgehead atoms. The first-order chi connectivity index (χ1) is 19.4. The maximum absolute atomic E-state index is 14.0. The second kappa shape index (κ2) is 12.2. The smallest absolute Gasteiger partial charge is 0.293 e. The summed E-state index contributed by atoms with van der Waals surface area (Å²) in [6.07, 6.45) is 4.75. The number of hydrogen-bond donors (Lipinski definition) is 2. The molecule has 1 atom stereocenters. The summed E-state index contributed by atoms with van der Waals surface area (Å²) in [5, 5.41) is 20.0. The van der Waals surface area contributed by atoms with E-state index in [1.54, 1.807) is 30.3 Å². The van der Waals surface area contributed by atoms with Gasteiger partial charge in [0.05, 0.1) is 16.9 Å². The molecule has 1 unspecified atom stereocenters. The lowest BCUT2D eigenvalue weighted by Gasteiger charge is -2.33. The number of aromatic nitrogens is 5. The number of piperidine rings is 1. The van der Waals surface area contributed by atoms with Crippen molar-refractivity contribution in [3.8, 4) is 11.6 Å². The van der Waals surface area contributed by atoms with E-state index in [2.05, 4.69) is 43.0 Å². The van der Waals surface area contributed by atoms with Crippen LogP contribution in [0.3, 0.4) is 0 Å². The Morgan fingerprint density at radius 1 is 1.27 bits per heavy atom. The number of likely N-dealkylation sites (tertiary alicyclic amines) is 1. The van der Waals surface area contributed by atoms with Crippen LogP contribution in [0, 0.1) is 5.82 Å². The minimum Gasteiger partial charge on any atom is -0.489 e. The van der Waals surface area contributed by atoms with Gasteiger partial charge in [-0.2, -0.15) is 9.78 Å². The van der Waals surface area contributed by atoms with Crippen LogP contribution in [-0.4, -0.2) is 54.9 Å². The summed E-state index contributed by atoms with van der Waals surface area (Å²) in [5.41, 5.74) is 9.95. The molecular weight excluding hydrogens is 541 g/mol. The Labute approximate surface area is 233 Å². The predicted molar refractivity (Wildman–Crippen MR) is 145 cm³/mol. The van der Waals surface area contributed by atoms with E-state index in [0.717, 1.165) is 25.8 Å². The van der Waals surface area contributed by atoms with Crippen LogP contribution in [0.15, 0.2) is 52.2 Å². The molecule has 12 nitrogen and oxygen atoms in total. The van der Waals surface area contributed by atoms with Crippen molar-refractivity contribution in [2.45, 2.75) is 45.4 Å². The fraction of sp³-hybridized carbons (Fsp3) is 0.308. The van der Waals surface area contributed by atoms with E-state index in [4.69, 9.17) is 26.7 Å². The van der Waals surface area contributed by atoms with E-state index in [1.165, 1.54) is 23.0 Å². The number of benzene rings is 2. The third-order valence-corrected chi connectivity index (χ3v) is 7.03. The van der Waals surface area contributed by atoms with Gasteiger partial charge in [0.1, 0.15) is 18.2 Å². The van der Waals surface area contributed by atoms with Crippen LogP contribution in [0.4, 0.5) is 10.2 Å². The molecule has 0 radical (unpaired) electrons. The van der Waals surface area contributed by atoms with Crippen molar-refractivity contribution in [2.24, 2.45) is 5.10 Å². The van der Waals surface area contributed by atoms with Crippen molar-refractivity contribution in [2.75, 3.05) is 12.3 Å². The summed E-state index contributed by atoms with van der Waals surface area (Å²) in [6.45, 7) is 3.43. The van der Waals surface area contributed by atoms with E-state index >= 15 is 0 Å². The number of carbonyl (C=O) groups is 1. The molecule has 3 N–H and O–H groups in total. The summed E-state index contributed by atoms with van der Waals surface area (Å²) >= 11 is 6.05. The summed E-state index contributed by atoms with van der Waals surface area (Å²) < 4.78 is 25.7. The molecule has 5 rings (SSSR count). The first-order valence-electron chi connectivity index (χ1n) is 12.7. The third-order valence-electron chi connectivity index (χ3n) is 6.67. The van der Waals surface area contributed by atoms with E-state index in [9.17, 15) is 9.18 Å². The monoisotopic (exact) mass is 567 g/mol. The molecule has 4 aromatic rings. The number of carbonyl (C=O) groups excluding carboxylic acids is 1. The number of halogens is 2. The largest absolute Gasteiger partial charge is 0.489 e. The molecule has 40 heavy (non-hydrogen) atoms. The first kappa shape index (κ1) is 27.2. The van der Waals surface area contributed by atoms with Crippen molar-refractivity contribution in [1.82, 2.24) is 35.6 Å². The van der Waals surface area contributed by atoms with Crippen LogP contribution in [0.25, 0.3) is 5.82 Å². The lowest BCUT2D eigenvalue weighted by Crippen LogP contribution is -2.38. The van der Waals surface area contributed by atoms with Gasteiger partial charge in [0.2, 0.25) is 11.6 Å². The van der Waals surface area contributed by atoms with Crippen LogP contribution in [-0.2, 0) is 13.2 Å². The van der Waals surface area contributed by atoms with Crippen molar-refractivity contribution in [1.29, 1.82) is 0 Å². The van der Waals surface area contributed by atoms with Crippen molar-refractivity contribution in [3.05, 3.63) is 75.8 Å². The summed E-state index contributed by atoms with van der Waals surface area (Å²) in [6, 6.07) is 11.7. The lowest BCUT2D eigenvalue weighted by molar-refractivity contribution is 0.0945. The van der Waals surface area contributed by atoms with Crippen LogP contribution < -0.4 is 15.9 Å². The van der Waals surface area contributed by atoms with E-state index in [1.807, 2.05) is 0 Å². The van der Waals surface area contributed by atoms with Crippen LogP contribution in [0.5, 0.6) is 5.75 Å². The van der Waals surface area contributed by atoms with Crippen molar-refractivity contribution in [3.63, 3.8) is 0 Å². The molecule has 1 aliphatic rings. The molecule has 1 amide bonds. The maximum Gasteiger partial charge on any atom is 0.293 e. The zero-order chi connectivity index (χ0) is 28.1. The molecule has 0 aliphatic carbocycles. The van der Waals surface area contributed by atoms with Gasteiger partial charge in [0.15, 0.2) is 5.69 Å². The molecule has 1 fully saturated rings. The molecule has 2 aromatic heterocycles. The Morgan fingerprint density at radius 3 is 2.83 bits per heavy atom. The Morgan fingerprint density at radius 2 is 2.10 bits per heavy atom. The summed E-state index contributed by atoms with van der Waals surface area (Å²) in [7, 11) is 0. The molecule has 208 valence electrons. The SMILES string of the molecule is CC1CCCCN1Cc1c(C(=O)NN=Cc2ccc(OCc3c(F)cccc3Cl)cc2)nnn1-c1nonc1N. The Hall–Kier alpha value is -4.36. The highest BCUT2D eigenvalue weighted by Crippen LogP contribution is 2.23. The Balaban J connectivity index is 1.25. The molecule has 1 aliphatic heterocycles. The molecule has 2 aromatic carbocycles. The zero-order valence-electron chi connectivity index (χ0n) is 21.6. The number of hydrazone groups is 1. The Bertz CT molecular complexity index is 1490. The Kier molecular flexibility index (Phi) is 8.31. The topological polar surface area (TPSA) is 150 Å². The summed E-state index contributed by atoms with van der Waals surface area (Å²) in [5.74, 6) is -0.252. The van der Waals surface area contributed by atoms with Gasteiger partial charge in [-0.1, -0.05) is 29.3 Å². The fourth-order valence-corrected chi connectivity index (χ4v) is 4.62. The standard InChI is InChI=1S/C26H27ClFN9O3/c1-16-5-2-3-12-36(16)14-22-23(31-35-37(22)25-24(29)33-40-34-25)26(38)32-30-13-17-8-10-18(11-9-17)39-15-19-20(27)6-4-7-21(19)28/h4,6-11,13,16H,2-3,5,12,14-15H2,1H3,(H2,29,33)(H,32,38).